The molecule has 0 atom stereocenters. The molecule has 0 saturated carbocycles. The van der Waals surface area contributed by atoms with Crippen LogP contribution < -0.4 is 0 Å². The minimum Gasteiger partial charge on any atom is -0.414 e. The molecule has 8 heteroatoms. The van der Waals surface area contributed by atoms with E-state index in [1.807, 2.05) is 37.4 Å². The normalized spacial score (nSPS) is 10.9. The fraction of sp³-hybridized carbons (Fsp3) is 0.190. The van der Waals surface area contributed by atoms with Gasteiger partial charge < -0.3 is 9.32 Å². The van der Waals surface area contributed by atoms with Gasteiger partial charge in [-0.25, -0.2) is 4.98 Å². The number of amides is 1. The van der Waals surface area contributed by atoms with Crippen LogP contribution in [0, 0.1) is 13.8 Å². The summed E-state index contributed by atoms with van der Waals surface area (Å²) >= 11 is 1.56. The molecule has 0 bridgehead atoms. The van der Waals surface area contributed by atoms with Gasteiger partial charge in [-0.05, 0) is 43.0 Å². The minimum absolute atomic E-state index is 0.0468. The molecule has 0 radical (unpaired) electrons. The number of hydrogen-bond donors (Lipinski definition) is 0. The molecule has 7 nitrogen and oxygen atoms in total. The van der Waals surface area contributed by atoms with Crippen LogP contribution in [0.2, 0.25) is 0 Å². The molecule has 0 spiro atoms. The number of hydrogen-bond acceptors (Lipinski definition) is 7. The van der Waals surface area contributed by atoms with E-state index < -0.39 is 0 Å². The number of aryl methyl sites for hydroxylation is 2. The highest BCUT2D eigenvalue weighted by Gasteiger charge is 2.17. The fourth-order valence-electron chi connectivity index (χ4n) is 2.79. The van der Waals surface area contributed by atoms with Crippen LogP contribution >= 0.6 is 11.3 Å². The molecule has 0 aliphatic carbocycles. The number of aromatic nitrogens is 4. The van der Waals surface area contributed by atoms with E-state index in [9.17, 15) is 4.79 Å². The summed E-state index contributed by atoms with van der Waals surface area (Å²) in [7, 11) is 3.45. The second kappa shape index (κ2) is 7.56. The van der Waals surface area contributed by atoms with Crippen LogP contribution in [0.5, 0.6) is 0 Å². The van der Waals surface area contributed by atoms with E-state index in [1.54, 1.807) is 48.7 Å². The zero-order valence-corrected chi connectivity index (χ0v) is 17.3. The lowest BCUT2D eigenvalue weighted by Gasteiger charge is -2.10. The molecule has 4 rings (SSSR count). The Kier molecular flexibility index (Phi) is 4.94. The summed E-state index contributed by atoms with van der Waals surface area (Å²) in [5.41, 5.74) is 4.53. The maximum atomic E-state index is 12.1. The van der Waals surface area contributed by atoms with Crippen molar-refractivity contribution in [3.05, 3.63) is 58.7 Å². The minimum atomic E-state index is -0.0468. The Hall–Kier alpha value is -3.39. The van der Waals surface area contributed by atoms with Gasteiger partial charge in [-0.3, -0.25) is 9.78 Å². The van der Waals surface area contributed by atoms with Crippen molar-refractivity contribution in [3.63, 3.8) is 0 Å². The largest absolute Gasteiger partial charge is 0.414 e. The van der Waals surface area contributed by atoms with E-state index in [1.165, 1.54) is 0 Å². The van der Waals surface area contributed by atoms with Crippen LogP contribution in [0.4, 0.5) is 0 Å². The van der Waals surface area contributed by atoms with E-state index in [-0.39, 0.29) is 5.91 Å². The van der Waals surface area contributed by atoms with Crippen molar-refractivity contribution in [2.24, 2.45) is 0 Å². The van der Waals surface area contributed by atoms with Gasteiger partial charge in [0, 0.05) is 25.2 Å². The fourth-order valence-corrected chi connectivity index (χ4v) is 3.61. The lowest BCUT2D eigenvalue weighted by Crippen LogP contribution is -2.21. The first kappa shape index (κ1) is 18.9. The molecule has 0 saturated heterocycles. The second-order valence-electron chi connectivity index (χ2n) is 6.87. The average Bonchev–Trinajstić information content (AvgIpc) is 3.37. The van der Waals surface area contributed by atoms with Crippen molar-refractivity contribution in [1.29, 1.82) is 0 Å². The van der Waals surface area contributed by atoms with E-state index in [4.69, 9.17) is 4.42 Å². The van der Waals surface area contributed by atoms with Gasteiger partial charge in [0.05, 0.1) is 22.5 Å². The van der Waals surface area contributed by atoms with E-state index in [0.717, 1.165) is 16.0 Å². The van der Waals surface area contributed by atoms with Gasteiger partial charge in [0.2, 0.25) is 0 Å². The molecular weight excluding hydrogens is 386 g/mol. The van der Waals surface area contributed by atoms with Crippen molar-refractivity contribution in [1.82, 2.24) is 25.1 Å². The number of carbonyl (C=O) groups excluding carboxylic acids is 1. The van der Waals surface area contributed by atoms with Crippen molar-refractivity contribution in [2.75, 3.05) is 14.1 Å². The van der Waals surface area contributed by atoms with E-state index in [0.29, 0.717) is 34.4 Å². The molecule has 146 valence electrons. The van der Waals surface area contributed by atoms with Crippen LogP contribution in [0.25, 0.3) is 33.6 Å². The summed E-state index contributed by atoms with van der Waals surface area (Å²) in [6.07, 6.45) is 1.70. The number of rotatable bonds is 4. The Morgan fingerprint density at radius 3 is 2.45 bits per heavy atom. The first-order chi connectivity index (χ1) is 13.9. The summed E-state index contributed by atoms with van der Waals surface area (Å²) in [6, 6.07) is 9.28. The SMILES string of the molecule is Cc1csc(-c2nnc(-c3nc(-c4ccc(C(=O)N(C)C)cc4)cnc3C)o2)c1. The van der Waals surface area contributed by atoms with Crippen molar-refractivity contribution in [2.45, 2.75) is 13.8 Å². The predicted octanol–water partition coefficient (Wildman–Crippen LogP) is 4.24. The molecule has 0 aliphatic rings. The Bertz CT molecular complexity index is 1180. The summed E-state index contributed by atoms with van der Waals surface area (Å²) in [4.78, 5) is 23.7. The van der Waals surface area contributed by atoms with Gasteiger partial charge in [0.1, 0.15) is 5.69 Å². The Morgan fingerprint density at radius 2 is 1.79 bits per heavy atom. The highest BCUT2D eigenvalue weighted by molar-refractivity contribution is 7.13. The van der Waals surface area contributed by atoms with Crippen LogP contribution in [0.1, 0.15) is 21.6 Å². The van der Waals surface area contributed by atoms with Gasteiger partial charge in [0.25, 0.3) is 17.7 Å². The van der Waals surface area contributed by atoms with Crippen LogP contribution in [-0.4, -0.2) is 45.1 Å². The monoisotopic (exact) mass is 405 g/mol. The van der Waals surface area contributed by atoms with Crippen LogP contribution in [0.15, 0.2) is 46.3 Å². The lowest BCUT2D eigenvalue weighted by molar-refractivity contribution is 0.0827. The van der Waals surface area contributed by atoms with Gasteiger partial charge in [-0.1, -0.05) is 12.1 Å². The smallest absolute Gasteiger partial charge is 0.268 e. The zero-order valence-electron chi connectivity index (χ0n) is 16.5. The first-order valence-electron chi connectivity index (χ1n) is 8.97. The highest BCUT2D eigenvalue weighted by Crippen LogP contribution is 2.29. The molecule has 0 fully saturated rings. The molecule has 0 aliphatic heterocycles. The standard InChI is InChI=1S/C21H19N5O2S/c1-12-9-17(29-11-12)19-24-25-20(28-19)18-13(2)22-10-16(23-18)14-5-7-15(8-6-14)21(27)26(3)4/h5-11H,1-4H3. The number of nitrogens with zero attached hydrogens (tertiary/aromatic N) is 5. The maximum Gasteiger partial charge on any atom is 0.268 e. The van der Waals surface area contributed by atoms with Crippen LogP contribution in [-0.2, 0) is 0 Å². The Labute approximate surface area is 172 Å². The number of benzene rings is 1. The molecule has 0 N–H and O–H groups in total. The summed E-state index contributed by atoms with van der Waals surface area (Å²) < 4.78 is 5.85. The topological polar surface area (TPSA) is 85.0 Å². The molecular formula is C21H19N5O2S. The van der Waals surface area contributed by atoms with E-state index in [2.05, 4.69) is 20.2 Å². The predicted molar refractivity (Wildman–Crippen MR) is 112 cm³/mol. The molecule has 0 unspecified atom stereocenters. The molecule has 1 aromatic carbocycles. The number of carbonyl (C=O) groups is 1. The van der Waals surface area contributed by atoms with Crippen LogP contribution in [0.3, 0.4) is 0 Å². The quantitative estimate of drug-likeness (QED) is 0.505. The lowest BCUT2D eigenvalue weighted by atomic mass is 10.1. The third kappa shape index (κ3) is 3.79. The van der Waals surface area contributed by atoms with Gasteiger partial charge >= 0.3 is 0 Å². The molecule has 3 aromatic heterocycles. The molecule has 29 heavy (non-hydrogen) atoms. The van der Waals surface area contributed by atoms with Crippen molar-refractivity contribution < 1.29 is 9.21 Å². The molecule has 4 aromatic rings. The summed E-state index contributed by atoms with van der Waals surface area (Å²) in [5.74, 6) is 0.753. The summed E-state index contributed by atoms with van der Waals surface area (Å²) in [6.45, 7) is 3.87. The second-order valence-corrected chi connectivity index (χ2v) is 7.78. The highest BCUT2D eigenvalue weighted by atomic mass is 32.1. The summed E-state index contributed by atoms with van der Waals surface area (Å²) in [5, 5.41) is 10.4. The zero-order chi connectivity index (χ0) is 20.5. The van der Waals surface area contributed by atoms with Gasteiger partial charge in [0.15, 0.2) is 0 Å². The molecule has 1 amide bonds. The Balaban J connectivity index is 1.66. The van der Waals surface area contributed by atoms with Gasteiger partial charge in [-0.15, -0.1) is 21.5 Å². The third-order valence-corrected chi connectivity index (χ3v) is 5.39. The molecule has 3 heterocycles. The first-order valence-corrected chi connectivity index (χ1v) is 9.85. The maximum absolute atomic E-state index is 12.1. The van der Waals surface area contributed by atoms with E-state index >= 15 is 0 Å². The van der Waals surface area contributed by atoms with Gasteiger partial charge in [-0.2, -0.15) is 0 Å². The third-order valence-electron chi connectivity index (χ3n) is 4.36. The Morgan fingerprint density at radius 1 is 1.07 bits per heavy atom. The van der Waals surface area contributed by atoms with Crippen molar-refractivity contribution >= 4 is 17.2 Å². The van der Waals surface area contributed by atoms with Crippen molar-refractivity contribution in [3.8, 4) is 33.6 Å². The average molecular weight is 405 g/mol. The number of thiophene rings is 1.